The number of hydrogen-bond acceptors (Lipinski definition) is 6. The van der Waals surface area contributed by atoms with Crippen LogP contribution < -0.4 is 8.45 Å². The Kier molecular flexibility index (Phi) is 3.69. The lowest BCUT2D eigenvalue weighted by Gasteiger charge is -2.22. The highest BCUT2D eigenvalue weighted by atomic mass is 32.3. The van der Waals surface area contributed by atoms with Crippen LogP contribution in [-0.4, -0.2) is 43.1 Å². The van der Waals surface area contributed by atoms with Gasteiger partial charge in [0.1, 0.15) is 17.5 Å². The van der Waals surface area contributed by atoms with Crippen molar-refractivity contribution in [3.63, 3.8) is 0 Å². The highest BCUT2D eigenvalue weighted by Crippen LogP contribution is 2.38. The molecule has 1 saturated heterocycles. The summed E-state index contributed by atoms with van der Waals surface area (Å²) >= 11 is 0. The van der Waals surface area contributed by atoms with Crippen molar-refractivity contribution < 1.29 is 26.3 Å². The maximum Gasteiger partial charge on any atom is 0.245 e. The van der Waals surface area contributed by atoms with Crippen molar-refractivity contribution in [3.8, 4) is 5.75 Å². The van der Waals surface area contributed by atoms with Gasteiger partial charge in [0.2, 0.25) is 20.0 Å². The Balaban J connectivity index is 2.65. The first-order valence-corrected chi connectivity index (χ1v) is 9.34. The average Bonchev–Trinajstić information content (AvgIpc) is 3.08. The summed E-state index contributed by atoms with van der Waals surface area (Å²) in [7, 11) is -6.67. The second kappa shape index (κ2) is 4.90. The molecule has 7 nitrogen and oxygen atoms in total. The van der Waals surface area contributed by atoms with Crippen LogP contribution in [0.3, 0.4) is 0 Å². The second-order valence-corrected chi connectivity index (χ2v) is 8.37. The molecule has 0 bridgehead atoms. The number of benzene rings is 1. The second-order valence-electron chi connectivity index (χ2n) is 4.48. The van der Waals surface area contributed by atoms with Gasteiger partial charge >= 0.3 is 0 Å². The predicted octanol–water partition coefficient (Wildman–Crippen LogP) is 0.492. The number of hydrogen-bond donors (Lipinski definition) is 0. The Morgan fingerprint density at radius 1 is 1.20 bits per heavy atom. The summed E-state index contributed by atoms with van der Waals surface area (Å²) in [6, 6.07) is 4.69. The number of methoxy groups -OCH3 is 1. The number of anilines is 1. The van der Waals surface area contributed by atoms with E-state index in [2.05, 4.69) is 0 Å². The predicted molar refractivity (Wildman–Crippen MR) is 73.9 cm³/mol. The van der Waals surface area contributed by atoms with Crippen LogP contribution in [0.25, 0.3) is 0 Å². The Bertz CT molecular complexity index is 689. The molecule has 1 heterocycles. The van der Waals surface area contributed by atoms with Gasteiger partial charge in [0.15, 0.2) is 0 Å². The van der Waals surface area contributed by atoms with Crippen LogP contribution >= 0.6 is 0 Å². The standard InChI is InChI=1S/C11H15NO6S2/c1-17-10-5-4-8(11-7-18-11)6-9(10)12(19(2,13)14)20(3,15)16/h4-6,11H,7H2,1-3H3. The van der Waals surface area contributed by atoms with Crippen molar-refractivity contribution in [2.24, 2.45) is 0 Å². The molecule has 9 heteroatoms. The minimum atomic E-state index is -4.01. The zero-order valence-corrected chi connectivity index (χ0v) is 12.9. The first-order chi connectivity index (χ1) is 9.14. The van der Waals surface area contributed by atoms with Crippen molar-refractivity contribution in [2.45, 2.75) is 6.10 Å². The van der Waals surface area contributed by atoms with Gasteiger partial charge in [-0.2, -0.15) is 3.71 Å². The van der Waals surface area contributed by atoms with Crippen molar-refractivity contribution >= 4 is 25.7 Å². The van der Waals surface area contributed by atoms with Gasteiger partial charge in [-0.05, 0) is 17.7 Å². The van der Waals surface area contributed by atoms with Crippen LogP contribution in [0.2, 0.25) is 0 Å². The SMILES string of the molecule is COc1ccc(C2CO2)cc1N(S(C)(=O)=O)S(C)(=O)=O. The third-order valence-corrected chi connectivity index (χ3v) is 5.93. The summed E-state index contributed by atoms with van der Waals surface area (Å²) in [6.07, 6.45) is 1.53. The zero-order valence-electron chi connectivity index (χ0n) is 11.2. The lowest BCUT2D eigenvalue weighted by molar-refractivity contribution is 0.410. The minimum absolute atomic E-state index is 0.0366. The van der Waals surface area contributed by atoms with Gasteiger partial charge in [-0.25, -0.2) is 16.8 Å². The molecule has 0 aromatic heterocycles. The van der Waals surface area contributed by atoms with E-state index in [0.29, 0.717) is 15.9 Å². The molecule has 1 aliphatic rings. The van der Waals surface area contributed by atoms with Gasteiger partial charge in [-0.3, -0.25) is 0 Å². The van der Waals surface area contributed by atoms with Crippen molar-refractivity contribution in [1.29, 1.82) is 0 Å². The molecule has 0 radical (unpaired) electrons. The summed E-state index contributed by atoms with van der Waals surface area (Å²) in [5.74, 6) is 0.158. The van der Waals surface area contributed by atoms with E-state index in [1.807, 2.05) is 0 Å². The molecule has 112 valence electrons. The quantitative estimate of drug-likeness (QED) is 0.733. The van der Waals surface area contributed by atoms with Gasteiger partial charge in [0.25, 0.3) is 0 Å². The van der Waals surface area contributed by atoms with Gasteiger partial charge < -0.3 is 9.47 Å². The first-order valence-electron chi connectivity index (χ1n) is 5.64. The fraction of sp³-hybridized carbons (Fsp3) is 0.455. The first kappa shape index (κ1) is 15.1. The van der Waals surface area contributed by atoms with E-state index in [0.717, 1.165) is 12.5 Å². The molecule has 2 rings (SSSR count). The summed E-state index contributed by atoms with van der Waals surface area (Å²) < 4.78 is 57.8. The maximum atomic E-state index is 11.8. The Hall–Kier alpha value is -1.32. The smallest absolute Gasteiger partial charge is 0.245 e. The molecule has 1 atom stereocenters. The van der Waals surface area contributed by atoms with E-state index < -0.39 is 20.0 Å². The van der Waals surface area contributed by atoms with Crippen LogP contribution in [0, 0.1) is 0 Å². The van der Waals surface area contributed by atoms with Crippen LogP contribution in [0.1, 0.15) is 11.7 Å². The molecule has 0 aliphatic carbocycles. The van der Waals surface area contributed by atoms with Gasteiger partial charge in [-0.1, -0.05) is 6.07 Å². The summed E-state index contributed by atoms with van der Waals surface area (Å²) in [5.41, 5.74) is 0.670. The van der Waals surface area contributed by atoms with E-state index in [9.17, 15) is 16.8 Å². The number of nitrogens with zero attached hydrogens (tertiary/aromatic N) is 1. The normalized spacial score (nSPS) is 18.6. The van der Waals surface area contributed by atoms with Crippen LogP contribution in [0.15, 0.2) is 18.2 Å². The maximum absolute atomic E-state index is 11.8. The molecule has 0 amide bonds. The number of sulfonamides is 2. The van der Waals surface area contributed by atoms with Crippen molar-refractivity contribution in [3.05, 3.63) is 23.8 Å². The van der Waals surface area contributed by atoms with E-state index in [4.69, 9.17) is 9.47 Å². The summed E-state index contributed by atoms with van der Waals surface area (Å²) in [6.45, 7) is 0.531. The number of epoxide rings is 1. The molecular formula is C11H15NO6S2. The lowest BCUT2D eigenvalue weighted by Crippen LogP contribution is -2.35. The monoisotopic (exact) mass is 321 g/mol. The number of ether oxygens (including phenoxy) is 2. The lowest BCUT2D eigenvalue weighted by atomic mass is 10.1. The molecule has 0 spiro atoms. The molecule has 1 unspecified atom stereocenters. The Labute approximate surface area is 118 Å². The van der Waals surface area contributed by atoms with Gasteiger partial charge in [0.05, 0.1) is 26.2 Å². The minimum Gasteiger partial charge on any atom is -0.495 e. The van der Waals surface area contributed by atoms with Crippen molar-refractivity contribution in [2.75, 3.05) is 29.9 Å². The summed E-state index contributed by atoms with van der Waals surface area (Å²) in [5, 5.41) is 0. The highest BCUT2D eigenvalue weighted by molar-refractivity contribution is 8.09. The van der Waals surface area contributed by atoms with Gasteiger partial charge in [0, 0.05) is 0 Å². The van der Waals surface area contributed by atoms with Gasteiger partial charge in [-0.15, -0.1) is 0 Å². The number of rotatable bonds is 5. The van der Waals surface area contributed by atoms with Crippen LogP contribution in [-0.2, 0) is 24.8 Å². The molecule has 1 aliphatic heterocycles. The van der Waals surface area contributed by atoms with E-state index >= 15 is 0 Å². The zero-order chi connectivity index (χ0) is 15.1. The van der Waals surface area contributed by atoms with Crippen molar-refractivity contribution in [1.82, 2.24) is 0 Å². The average molecular weight is 321 g/mol. The van der Waals surface area contributed by atoms with Crippen LogP contribution in [0.5, 0.6) is 5.75 Å². The Morgan fingerprint density at radius 3 is 2.15 bits per heavy atom. The summed E-state index contributed by atoms with van der Waals surface area (Å²) in [4.78, 5) is 0. The molecule has 20 heavy (non-hydrogen) atoms. The fourth-order valence-corrected chi connectivity index (χ4v) is 4.86. The molecule has 0 N–H and O–H groups in total. The van der Waals surface area contributed by atoms with E-state index in [-0.39, 0.29) is 17.5 Å². The highest BCUT2D eigenvalue weighted by Gasteiger charge is 2.32. The van der Waals surface area contributed by atoms with E-state index in [1.165, 1.54) is 19.2 Å². The third kappa shape index (κ3) is 3.05. The van der Waals surface area contributed by atoms with E-state index in [1.54, 1.807) is 6.07 Å². The molecule has 1 fully saturated rings. The molecule has 1 aromatic rings. The Morgan fingerprint density at radius 2 is 1.75 bits per heavy atom. The molecular weight excluding hydrogens is 306 g/mol. The molecule has 1 aromatic carbocycles. The fourth-order valence-electron chi connectivity index (χ4n) is 1.89. The molecule has 0 saturated carbocycles. The third-order valence-electron chi connectivity index (χ3n) is 2.71. The largest absolute Gasteiger partial charge is 0.495 e. The van der Waals surface area contributed by atoms with Crippen LogP contribution in [0.4, 0.5) is 5.69 Å². The topological polar surface area (TPSA) is 93.3 Å².